The van der Waals surface area contributed by atoms with Gasteiger partial charge >= 0.3 is 0 Å². The largest absolute Gasteiger partial charge is 0.356 e. The lowest BCUT2D eigenvalue weighted by Gasteiger charge is -2.25. The van der Waals surface area contributed by atoms with E-state index >= 15 is 0 Å². The van der Waals surface area contributed by atoms with Crippen molar-refractivity contribution in [1.29, 1.82) is 0 Å². The first-order valence-corrected chi connectivity index (χ1v) is 9.18. The summed E-state index contributed by atoms with van der Waals surface area (Å²) in [5, 5.41) is 11.5. The van der Waals surface area contributed by atoms with E-state index in [4.69, 9.17) is 0 Å². The zero-order valence-corrected chi connectivity index (χ0v) is 17.7. The minimum atomic E-state index is 0. The van der Waals surface area contributed by atoms with E-state index in [1.807, 2.05) is 18.7 Å². The monoisotopic (exact) mass is 466 g/mol. The summed E-state index contributed by atoms with van der Waals surface area (Å²) in [6.45, 7) is 3.87. The van der Waals surface area contributed by atoms with E-state index in [0.29, 0.717) is 11.8 Å². The van der Waals surface area contributed by atoms with Crippen LogP contribution in [0.15, 0.2) is 35.3 Å². The lowest BCUT2D eigenvalue weighted by Crippen LogP contribution is -2.42. The van der Waals surface area contributed by atoms with Crippen molar-refractivity contribution in [3.8, 4) is 0 Å². The normalized spacial score (nSPS) is 24.4. The molecule has 0 bridgehead atoms. The third kappa shape index (κ3) is 4.19. The molecule has 1 fully saturated rings. The van der Waals surface area contributed by atoms with Gasteiger partial charge in [-0.05, 0) is 43.6 Å². The molecule has 3 atom stereocenters. The number of hydrogen-bond acceptors (Lipinski definition) is 3. The maximum Gasteiger partial charge on any atom is 0.191 e. The van der Waals surface area contributed by atoms with Crippen molar-refractivity contribution in [2.45, 2.75) is 44.7 Å². The average Bonchev–Trinajstić information content (AvgIpc) is 3.31. The second-order valence-electron chi connectivity index (χ2n) is 7.05. The Kier molecular flexibility index (Phi) is 6.16. The number of guanidine groups is 1. The fraction of sp³-hybridized carbons (Fsp3) is 0.526. The summed E-state index contributed by atoms with van der Waals surface area (Å²) in [5.74, 6) is 4.11. The van der Waals surface area contributed by atoms with Crippen molar-refractivity contribution in [3.05, 3.63) is 47.5 Å². The molecule has 1 saturated carbocycles. The summed E-state index contributed by atoms with van der Waals surface area (Å²) in [4.78, 5) is 8.98. The molecule has 140 valence electrons. The van der Waals surface area contributed by atoms with E-state index in [0.717, 1.165) is 43.5 Å². The van der Waals surface area contributed by atoms with E-state index in [-0.39, 0.29) is 30.0 Å². The molecule has 0 amide bonds. The molecule has 6 nitrogen and oxygen atoms in total. The third-order valence-corrected chi connectivity index (χ3v) is 5.20. The number of halogens is 1. The second kappa shape index (κ2) is 8.37. The van der Waals surface area contributed by atoms with Crippen LogP contribution in [-0.2, 0) is 6.54 Å². The molecule has 1 aromatic carbocycles. The van der Waals surface area contributed by atoms with Gasteiger partial charge in [0.05, 0.1) is 6.04 Å². The number of hydrogen-bond donors (Lipinski definition) is 2. The number of aliphatic imine (C=N–C) groups is 1. The van der Waals surface area contributed by atoms with Gasteiger partial charge in [-0.1, -0.05) is 30.3 Å². The molecular formula is C19H27IN6. The molecule has 2 heterocycles. The second-order valence-corrected chi connectivity index (χ2v) is 7.05. The van der Waals surface area contributed by atoms with Gasteiger partial charge in [0.15, 0.2) is 5.96 Å². The fourth-order valence-corrected chi connectivity index (χ4v) is 3.77. The Bertz CT molecular complexity index is 757. The highest BCUT2D eigenvalue weighted by Gasteiger charge is 2.38. The highest BCUT2D eigenvalue weighted by Crippen LogP contribution is 2.46. The SMILES string of the molecule is CN=C(NCC1CC1c1ccccc1)NC1CCCn2nc(C)nc21.I. The minimum absolute atomic E-state index is 0. The molecular weight excluding hydrogens is 439 g/mol. The summed E-state index contributed by atoms with van der Waals surface area (Å²) >= 11 is 0. The van der Waals surface area contributed by atoms with Gasteiger partial charge < -0.3 is 10.6 Å². The van der Waals surface area contributed by atoms with Crippen molar-refractivity contribution in [3.63, 3.8) is 0 Å². The van der Waals surface area contributed by atoms with Gasteiger partial charge in [-0.3, -0.25) is 4.99 Å². The number of aryl methyl sites for hydroxylation is 2. The lowest BCUT2D eigenvalue weighted by atomic mass is 10.1. The van der Waals surface area contributed by atoms with Crippen molar-refractivity contribution in [2.24, 2.45) is 10.9 Å². The maximum atomic E-state index is 4.59. The third-order valence-electron chi connectivity index (χ3n) is 5.20. The minimum Gasteiger partial charge on any atom is -0.356 e. The molecule has 2 N–H and O–H groups in total. The Hall–Kier alpha value is -1.64. The van der Waals surface area contributed by atoms with Crippen LogP contribution in [-0.4, -0.2) is 34.3 Å². The molecule has 1 aliphatic heterocycles. The van der Waals surface area contributed by atoms with Crippen molar-refractivity contribution in [2.75, 3.05) is 13.6 Å². The van der Waals surface area contributed by atoms with Crippen LogP contribution in [0.1, 0.15) is 48.4 Å². The Morgan fingerprint density at radius 1 is 1.31 bits per heavy atom. The first kappa shape index (κ1) is 19.1. The average molecular weight is 466 g/mol. The van der Waals surface area contributed by atoms with Crippen molar-refractivity contribution >= 4 is 29.9 Å². The zero-order valence-electron chi connectivity index (χ0n) is 15.4. The Labute approximate surface area is 171 Å². The molecule has 7 heteroatoms. The Balaban J connectivity index is 0.00000196. The van der Waals surface area contributed by atoms with Crippen LogP contribution in [0.3, 0.4) is 0 Å². The summed E-state index contributed by atoms with van der Waals surface area (Å²) in [6.07, 6.45) is 3.43. The zero-order chi connectivity index (χ0) is 17.2. The number of nitrogens with zero attached hydrogens (tertiary/aromatic N) is 4. The predicted molar refractivity (Wildman–Crippen MR) is 114 cm³/mol. The highest BCUT2D eigenvalue weighted by molar-refractivity contribution is 14.0. The van der Waals surface area contributed by atoms with Crippen LogP contribution >= 0.6 is 24.0 Å². The molecule has 3 unspecified atom stereocenters. The molecule has 0 spiro atoms. The molecule has 0 saturated heterocycles. The first-order chi connectivity index (χ1) is 12.2. The Morgan fingerprint density at radius 3 is 2.88 bits per heavy atom. The summed E-state index contributed by atoms with van der Waals surface area (Å²) < 4.78 is 2.02. The van der Waals surface area contributed by atoms with E-state index in [2.05, 4.69) is 56.0 Å². The molecule has 1 aliphatic carbocycles. The van der Waals surface area contributed by atoms with Gasteiger partial charge in [-0.2, -0.15) is 5.10 Å². The lowest BCUT2D eigenvalue weighted by molar-refractivity contribution is 0.397. The number of benzene rings is 1. The predicted octanol–water partition coefficient (Wildman–Crippen LogP) is 3.01. The summed E-state index contributed by atoms with van der Waals surface area (Å²) in [7, 11) is 1.83. The maximum absolute atomic E-state index is 4.59. The van der Waals surface area contributed by atoms with Crippen molar-refractivity contribution < 1.29 is 0 Å². The van der Waals surface area contributed by atoms with Crippen LogP contribution < -0.4 is 10.6 Å². The van der Waals surface area contributed by atoms with Gasteiger partial charge in [-0.25, -0.2) is 9.67 Å². The fourth-order valence-electron chi connectivity index (χ4n) is 3.77. The van der Waals surface area contributed by atoms with E-state index in [1.165, 1.54) is 12.0 Å². The topological polar surface area (TPSA) is 67.1 Å². The van der Waals surface area contributed by atoms with Crippen molar-refractivity contribution in [1.82, 2.24) is 25.4 Å². The first-order valence-electron chi connectivity index (χ1n) is 9.18. The molecule has 4 rings (SSSR count). The van der Waals surface area contributed by atoms with Gasteiger partial charge in [-0.15, -0.1) is 24.0 Å². The van der Waals surface area contributed by atoms with Gasteiger partial charge in [0.25, 0.3) is 0 Å². The van der Waals surface area contributed by atoms with Crippen LogP contribution in [0.2, 0.25) is 0 Å². The van der Waals surface area contributed by atoms with E-state index in [1.54, 1.807) is 0 Å². The molecule has 2 aliphatic rings. The van der Waals surface area contributed by atoms with Gasteiger partial charge in [0.1, 0.15) is 11.6 Å². The van der Waals surface area contributed by atoms with Crippen LogP contribution in [0.5, 0.6) is 0 Å². The highest BCUT2D eigenvalue weighted by atomic mass is 127. The summed E-state index contributed by atoms with van der Waals surface area (Å²) in [5.41, 5.74) is 1.45. The summed E-state index contributed by atoms with van der Waals surface area (Å²) in [6, 6.07) is 11.0. The number of nitrogens with one attached hydrogen (secondary N) is 2. The standard InChI is InChI=1S/C19H26N6.HI/c1-13-22-18-17(9-6-10-25(18)24-13)23-19(20-2)21-12-15-11-16(15)14-7-4-3-5-8-14;/h3-5,7-8,15-17H,6,9-12H2,1-2H3,(H2,20,21,23);1H. The smallest absolute Gasteiger partial charge is 0.191 e. The molecule has 1 aromatic heterocycles. The van der Waals surface area contributed by atoms with Gasteiger partial charge in [0.2, 0.25) is 0 Å². The quantitative estimate of drug-likeness (QED) is 0.413. The number of fused-ring (bicyclic) bond motifs is 1. The van der Waals surface area contributed by atoms with E-state index in [9.17, 15) is 0 Å². The molecule has 2 aromatic rings. The van der Waals surface area contributed by atoms with Crippen LogP contribution in [0, 0.1) is 12.8 Å². The van der Waals surface area contributed by atoms with Crippen LogP contribution in [0.4, 0.5) is 0 Å². The number of rotatable bonds is 4. The Morgan fingerprint density at radius 2 is 2.12 bits per heavy atom. The van der Waals surface area contributed by atoms with Gasteiger partial charge in [0, 0.05) is 20.1 Å². The molecule has 26 heavy (non-hydrogen) atoms. The molecule has 0 radical (unpaired) electrons. The van der Waals surface area contributed by atoms with E-state index < -0.39 is 0 Å². The van der Waals surface area contributed by atoms with Crippen LogP contribution in [0.25, 0.3) is 0 Å². The number of aromatic nitrogens is 3.